The van der Waals surface area contributed by atoms with Crippen molar-refractivity contribution in [1.29, 1.82) is 0 Å². The van der Waals surface area contributed by atoms with E-state index in [1.54, 1.807) is 6.07 Å². The van der Waals surface area contributed by atoms with Crippen LogP contribution in [0.5, 0.6) is 0 Å². The van der Waals surface area contributed by atoms with Gasteiger partial charge in [0.1, 0.15) is 5.82 Å². The summed E-state index contributed by atoms with van der Waals surface area (Å²) in [6, 6.07) is 14.6. The monoisotopic (exact) mass is 424 g/mol. The van der Waals surface area contributed by atoms with Crippen LogP contribution in [0.2, 0.25) is 0 Å². The number of carbonyl (C=O) groups is 3. The summed E-state index contributed by atoms with van der Waals surface area (Å²) in [7, 11) is -4.01. The standard InChI is InChI=1S/C21H13FN2O5S/c22-16-7-3-1-5-13(16)21(27)24-23-20(26)12-9-10-15-18(11-12)30(28,29)17-8-4-2-6-14(17)19(15)25/h1-11H,(H,23,26)(H,24,27). The van der Waals surface area contributed by atoms with Crippen molar-refractivity contribution in [3.63, 3.8) is 0 Å². The molecule has 0 unspecified atom stereocenters. The molecule has 30 heavy (non-hydrogen) atoms. The average Bonchev–Trinajstić information content (AvgIpc) is 2.76. The number of carbonyl (C=O) groups excluding carboxylic acids is 3. The molecule has 2 amide bonds. The Balaban J connectivity index is 1.61. The topological polar surface area (TPSA) is 109 Å². The number of ketones is 1. The quantitative estimate of drug-likeness (QED) is 0.480. The molecule has 2 N–H and O–H groups in total. The summed E-state index contributed by atoms with van der Waals surface area (Å²) in [6.07, 6.45) is 0. The summed E-state index contributed by atoms with van der Waals surface area (Å²) in [4.78, 5) is 36.6. The second-order valence-electron chi connectivity index (χ2n) is 6.43. The number of sulfone groups is 1. The van der Waals surface area contributed by atoms with Crippen LogP contribution in [0.4, 0.5) is 4.39 Å². The highest BCUT2D eigenvalue weighted by molar-refractivity contribution is 7.91. The van der Waals surface area contributed by atoms with E-state index in [-0.39, 0.29) is 32.0 Å². The van der Waals surface area contributed by atoms with Crippen LogP contribution >= 0.6 is 0 Å². The van der Waals surface area contributed by atoms with Crippen LogP contribution in [0.25, 0.3) is 0 Å². The maximum atomic E-state index is 13.6. The summed E-state index contributed by atoms with van der Waals surface area (Å²) in [5, 5.41) is 0. The van der Waals surface area contributed by atoms with Crippen LogP contribution in [0.15, 0.2) is 76.5 Å². The summed E-state index contributed by atoms with van der Waals surface area (Å²) < 4.78 is 39.5. The second kappa shape index (κ2) is 7.20. The molecule has 0 aromatic heterocycles. The molecule has 0 fully saturated rings. The number of halogens is 1. The maximum Gasteiger partial charge on any atom is 0.272 e. The first kappa shape index (κ1) is 19.5. The molecule has 1 aliphatic rings. The number of hydrazine groups is 1. The van der Waals surface area contributed by atoms with E-state index in [0.29, 0.717) is 0 Å². The van der Waals surface area contributed by atoms with Gasteiger partial charge in [-0.3, -0.25) is 25.2 Å². The predicted octanol–water partition coefficient (Wildman–Crippen LogP) is 2.28. The van der Waals surface area contributed by atoms with E-state index in [1.165, 1.54) is 48.5 Å². The number of fused-ring (bicyclic) bond motifs is 2. The largest absolute Gasteiger partial charge is 0.289 e. The van der Waals surface area contributed by atoms with Gasteiger partial charge in [0.15, 0.2) is 5.78 Å². The van der Waals surface area contributed by atoms with Gasteiger partial charge in [-0.25, -0.2) is 12.8 Å². The Hall–Kier alpha value is -3.85. The molecule has 1 heterocycles. The van der Waals surface area contributed by atoms with Gasteiger partial charge in [-0.2, -0.15) is 0 Å². The zero-order valence-corrected chi connectivity index (χ0v) is 16.0. The zero-order valence-electron chi connectivity index (χ0n) is 15.2. The van der Waals surface area contributed by atoms with Crippen LogP contribution in [-0.2, 0) is 9.84 Å². The molecule has 0 saturated carbocycles. The number of nitrogens with one attached hydrogen (secondary N) is 2. The Morgan fingerprint density at radius 3 is 2.17 bits per heavy atom. The first-order valence-corrected chi connectivity index (χ1v) is 10.2. The first-order valence-electron chi connectivity index (χ1n) is 8.69. The predicted molar refractivity (Wildman–Crippen MR) is 103 cm³/mol. The van der Waals surface area contributed by atoms with Gasteiger partial charge in [-0.15, -0.1) is 0 Å². The third kappa shape index (κ3) is 3.15. The van der Waals surface area contributed by atoms with E-state index in [1.807, 2.05) is 0 Å². The van der Waals surface area contributed by atoms with Crippen molar-refractivity contribution in [2.75, 3.05) is 0 Å². The molecule has 4 rings (SSSR count). The van der Waals surface area contributed by atoms with Crippen LogP contribution in [0, 0.1) is 5.82 Å². The molecule has 3 aromatic carbocycles. The fraction of sp³-hybridized carbons (Fsp3) is 0. The fourth-order valence-electron chi connectivity index (χ4n) is 3.12. The van der Waals surface area contributed by atoms with Gasteiger partial charge in [0.2, 0.25) is 9.84 Å². The molecular formula is C21H13FN2O5S. The number of hydrogen-bond acceptors (Lipinski definition) is 5. The van der Waals surface area contributed by atoms with Crippen molar-refractivity contribution in [1.82, 2.24) is 10.9 Å². The molecule has 0 saturated heterocycles. The highest BCUT2D eigenvalue weighted by atomic mass is 32.2. The van der Waals surface area contributed by atoms with Gasteiger partial charge < -0.3 is 0 Å². The van der Waals surface area contributed by atoms with E-state index in [0.717, 1.165) is 12.1 Å². The van der Waals surface area contributed by atoms with E-state index in [2.05, 4.69) is 10.9 Å². The molecule has 7 nitrogen and oxygen atoms in total. The number of hydrogen-bond donors (Lipinski definition) is 2. The Bertz CT molecular complexity index is 1330. The molecular weight excluding hydrogens is 411 g/mol. The van der Waals surface area contributed by atoms with E-state index in [4.69, 9.17) is 0 Å². The lowest BCUT2D eigenvalue weighted by Gasteiger charge is -2.19. The van der Waals surface area contributed by atoms with Gasteiger partial charge in [0, 0.05) is 16.7 Å². The summed E-state index contributed by atoms with van der Waals surface area (Å²) in [5.74, 6) is -2.93. The van der Waals surface area contributed by atoms with E-state index < -0.39 is 33.3 Å². The molecule has 150 valence electrons. The summed E-state index contributed by atoms with van der Waals surface area (Å²) in [6.45, 7) is 0. The van der Waals surface area contributed by atoms with Gasteiger partial charge in [0.05, 0.1) is 15.4 Å². The Morgan fingerprint density at radius 2 is 1.40 bits per heavy atom. The van der Waals surface area contributed by atoms with Crippen LogP contribution in [-0.4, -0.2) is 26.0 Å². The third-order valence-electron chi connectivity index (χ3n) is 4.61. The van der Waals surface area contributed by atoms with Crippen molar-refractivity contribution >= 4 is 27.4 Å². The number of amides is 2. The fourth-order valence-corrected chi connectivity index (χ4v) is 4.80. The highest BCUT2D eigenvalue weighted by Gasteiger charge is 2.35. The smallest absolute Gasteiger partial charge is 0.272 e. The molecule has 0 atom stereocenters. The minimum atomic E-state index is -4.01. The van der Waals surface area contributed by atoms with E-state index >= 15 is 0 Å². The molecule has 1 aliphatic heterocycles. The van der Waals surface area contributed by atoms with E-state index in [9.17, 15) is 27.2 Å². The normalized spacial score (nSPS) is 13.7. The average molecular weight is 424 g/mol. The Morgan fingerprint density at radius 1 is 0.767 bits per heavy atom. The van der Waals surface area contributed by atoms with Crippen LogP contribution in [0.1, 0.15) is 36.6 Å². The zero-order chi connectivity index (χ0) is 21.5. The third-order valence-corrected chi connectivity index (χ3v) is 6.46. The SMILES string of the molecule is O=C(NNC(=O)c1ccccc1F)c1ccc2c(c1)S(=O)(=O)c1ccccc1C2=O. The lowest BCUT2D eigenvalue weighted by molar-refractivity contribution is 0.0844. The number of rotatable bonds is 2. The van der Waals surface area contributed by atoms with Gasteiger partial charge in [-0.1, -0.05) is 24.3 Å². The minimum Gasteiger partial charge on any atom is -0.289 e. The second-order valence-corrected chi connectivity index (χ2v) is 8.31. The molecule has 9 heteroatoms. The number of benzene rings is 3. The molecule has 3 aromatic rings. The van der Waals surface area contributed by atoms with Crippen molar-refractivity contribution in [3.8, 4) is 0 Å². The van der Waals surface area contributed by atoms with Crippen molar-refractivity contribution in [2.45, 2.75) is 9.79 Å². The van der Waals surface area contributed by atoms with Gasteiger partial charge in [0.25, 0.3) is 11.8 Å². The lowest BCUT2D eigenvalue weighted by atomic mass is 10.0. The summed E-state index contributed by atoms with van der Waals surface area (Å²) >= 11 is 0. The van der Waals surface area contributed by atoms with Gasteiger partial charge in [-0.05, 0) is 42.5 Å². The van der Waals surface area contributed by atoms with Crippen LogP contribution in [0.3, 0.4) is 0 Å². The molecule has 0 spiro atoms. The molecule has 0 radical (unpaired) electrons. The van der Waals surface area contributed by atoms with Crippen molar-refractivity contribution in [2.24, 2.45) is 0 Å². The van der Waals surface area contributed by atoms with Crippen molar-refractivity contribution < 1.29 is 27.2 Å². The van der Waals surface area contributed by atoms with Crippen molar-refractivity contribution in [3.05, 3.63) is 94.8 Å². The van der Waals surface area contributed by atoms with Gasteiger partial charge >= 0.3 is 0 Å². The summed E-state index contributed by atoms with van der Waals surface area (Å²) in [5.41, 5.74) is 3.83. The Kier molecular flexibility index (Phi) is 4.67. The minimum absolute atomic E-state index is 0.0411. The highest BCUT2D eigenvalue weighted by Crippen LogP contribution is 2.34. The first-order chi connectivity index (χ1) is 14.3. The maximum absolute atomic E-state index is 13.6. The van der Waals surface area contributed by atoms with Crippen LogP contribution < -0.4 is 10.9 Å². The Labute approximate surface area is 170 Å². The molecule has 0 aliphatic carbocycles. The molecule has 0 bridgehead atoms. The lowest BCUT2D eigenvalue weighted by Crippen LogP contribution is -2.42.